The van der Waals surface area contributed by atoms with E-state index in [-0.39, 0.29) is 23.8 Å². The number of rotatable bonds is 3. The number of carbonyl (C=O) groups excluding carboxylic acids is 2. The lowest BCUT2D eigenvalue weighted by Crippen LogP contribution is -2.50. The van der Waals surface area contributed by atoms with Gasteiger partial charge in [0.2, 0.25) is 11.8 Å². The van der Waals surface area contributed by atoms with Crippen LogP contribution in [-0.2, 0) is 9.59 Å². The van der Waals surface area contributed by atoms with Crippen LogP contribution in [-0.4, -0.2) is 59.3 Å². The van der Waals surface area contributed by atoms with E-state index in [1.165, 1.54) is 0 Å². The molecule has 26 heavy (non-hydrogen) atoms. The van der Waals surface area contributed by atoms with Crippen molar-refractivity contribution >= 4 is 17.5 Å². The second-order valence-corrected chi connectivity index (χ2v) is 7.73. The largest absolute Gasteiger partial charge is 0.368 e. The molecule has 2 saturated heterocycles. The second kappa shape index (κ2) is 7.64. The molecule has 3 rings (SSSR count). The average molecular weight is 358 g/mol. The zero-order valence-electron chi connectivity index (χ0n) is 16.4. The lowest BCUT2D eigenvalue weighted by molar-refractivity contribution is -0.134. The Hall–Kier alpha value is -2.11. The van der Waals surface area contributed by atoms with Gasteiger partial charge in [-0.1, -0.05) is 13.8 Å². The van der Waals surface area contributed by atoms with Gasteiger partial charge in [0.15, 0.2) is 0 Å². The molecule has 2 fully saturated rings. The minimum absolute atomic E-state index is 0.0521. The molecule has 2 aliphatic heterocycles. The maximum absolute atomic E-state index is 12.2. The van der Waals surface area contributed by atoms with Gasteiger partial charge in [-0.05, 0) is 31.9 Å². The molecule has 142 valence electrons. The van der Waals surface area contributed by atoms with Gasteiger partial charge in [0, 0.05) is 56.9 Å². The average Bonchev–Trinajstić information content (AvgIpc) is 3.11. The number of hydrogen-bond acceptors (Lipinski definition) is 4. The Morgan fingerprint density at radius 2 is 1.81 bits per heavy atom. The van der Waals surface area contributed by atoms with Crippen molar-refractivity contribution in [3.05, 3.63) is 23.5 Å². The molecule has 2 aliphatic rings. The van der Waals surface area contributed by atoms with Gasteiger partial charge in [-0.25, -0.2) is 0 Å². The predicted octanol–water partition coefficient (Wildman–Crippen LogP) is 2.38. The van der Waals surface area contributed by atoms with Crippen LogP contribution in [0.4, 0.5) is 5.69 Å². The molecule has 1 aromatic heterocycles. The molecule has 1 unspecified atom stereocenters. The summed E-state index contributed by atoms with van der Waals surface area (Å²) >= 11 is 0. The Kier molecular flexibility index (Phi) is 5.49. The summed E-state index contributed by atoms with van der Waals surface area (Å²) in [7, 11) is 0. The third-order valence-electron chi connectivity index (χ3n) is 5.41. The summed E-state index contributed by atoms with van der Waals surface area (Å²) in [6.07, 6.45) is 2.01. The fourth-order valence-corrected chi connectivity index (χ4v) is 4.03. The van der Waals surface area contributed by atoms with Gasteiger partial charge in [0.25, 0.3) is 0 Å². The van der Waals surface area contributed by atoms with Crippen LogP contribution in [0.1, 0.15) is 51.0 Å². The highest BCUT2D eigenvalue weighted by Crippen LogP contribution is 2.33. The standard InChI is InChI=1S/C20H30N4O2/c1-14(2)20(26)23-10-8-22(9-11-23)17-12-15(3)21-18(13-17)19-6-5-7-24(19)16(4)25/h12-14,19H,5-11H2,1-4H3. The van der Waals surface area contributed by atoms with Gasteiger partial charge in [-0.3, -0.25) is 14.6 Å². The van der Waals surface area contributed by atoms with Crippen LogP contribution in [0.2, 0.25) is 0 Å². The Labute approximate surface area is 156 Å². The van der Waals surface area contributed by atoms with Crippen molar-refractivity contribution in [2.75, 3.05) is 37.6 Å². The summed E-state index contributed by atoms with van der Waals surface area (Å²) in [5.74, 6) is 0.411. The monoisotopic (exact) mass is 358 g/mol. The first-order chi connectivity index (χ1) is 12.4. The zero-order chi connectivity index (χ0) is 18.8. The number of pyridine rings is 1. The number of hydrogen-bond donors (Lipinski definition) is 0. The fourth-order valence-electron chi connectivity index (χ4n) is 4.03. The highest BCUT2D eigenvalue weighted by atomic mass is 16.2. The molecule has 3 heterocycles. The number of aryl methyl sites for hydroxylation is 1. The van der Waals surface area contributed by atoms with Crippen LogP contribution in [0.5, 0.6) is 0 Å². The van der Waals surface area contributed by atoms with Crippen LogP contribution >= 0.6 is 0 Å². The molecule has 2 amide bonds. The summed E-state index contributed by atoms with van der Waals surface area (Å²) in [5.41, 5.74) is 3.13. The van der Waals surface area contributed by atoms with Gasteiger partial charge in [-0.2, -0.15) is 0 Å². The maximum atomic E-state index is 12.2. The van der Waals surface area contributed by atoms with Crippen LogP contribution in [0, 0.1) is 12.8 Å². The van der Waals surface area contributed by atoms with Crippen LogP contribution in [0.15, 0.2) is 12.1 Å². The first kappa shape index (κ1) is 18.7. The SMILES string of the molecule is CC(=O)N1CCCC1c1cc(N2CCN(C(=O)C(C)C)CC2)cc(C)n1. The predicted molar refractivity (Wildman–Crippen MR) is 102 cm³/mol. The van der Waals surface area contributed by atoms with Crippen molar-refractivity contribution in [2.24, 2.45) is 5.92 Å². The maximum Gasteiger partial charge on any atom is 0.225 e. The van der Waals surface area contributed by atoms with Crippen molar-refractivity contribution in [3.8, 4) is 0 Å². The molecule has 6 heteroatoms. The summed E-state index contributed by atoms with van der Waals surface area (Å²) in [6, 6.07) is 4.34. The molecular formula is C20H30N4O2. The molecule has 0 bridgehead atoms. The Morgan fingerprint density at radius 1 is 1.12 bits per heavy atom. The first-order valence-corrected chi connectivity index (χ1v) is 9.66. The van der Waals surface area contributed by atoms with Gasteiger partial charge >= 0.3 is 0 Å². The van der Waals surface area contributed by atoms with Crippen molar-refractivity contribution in [1.29, 1.82) is 0 Å². The molecule has 6 nitrogen and oxygen atoms in total. The smallest absolute Gasteiger partial charge is 0.225 e. The molecule has 0 aliphatic carbocycles. The summed E-state index contributed by atoms with van der Waals surface area (Å²) in [5, 5.41) is 0. The summed E-state index contributed by atoms with van der Waals surface area (Å²) < 4.78 is 0. The molecule has 1 aromatic rings. The minimum Gasteiger partial charge on any atom is -0.368 e. The van der Waals surface area contributed by atoms with E-state index < -0.39 is 0 Å². The molecule has 0 radical (unpaired) electrons. The third-order valence-corrected chi connectivity index (χ3v) is 5.41. The number of piperazine rings is 1. The van der Waals surface area contributed by atoms with Crippen molar-refractivity contribution < 1.29 is 9.59 Å². The number of amides is 2. The Balaban J connectivity index is 1.75. The molecule has 0 N–H and O–H groups in total. The third kappa shape index (κ3) is 3.84. The van der Waals surface area contributed by atoms with E-state index in [2.05, 4.69) is 17.0 Å². The highest BCUT2D eigenvalue weighted by molar-refractivity contribution is 5.78. The van der Waals surface area contributed by atoms with Gasteiger partial charge in [0.1, 0.15) is 0 Å². The molecular weight excluding hydrogens is 328 g/mol. The van der Waals surface area contributed by atoms with E-state index in [9.17, 15) is 9.59 Å². The molecule has 1 atom stereocenters. The van der Waals surface area contributed by atoms with Crippen LogP contribution < -0.4 is 4.90 Å². The topological polar surface area (TPSA) is 56.8 Å². The number of aromatic nitrogens is 1. The molecule has 0 aromatic carbocycles. The van der Waals surface area contributed by atoms with Crippen LogP contribution in [0.25, 0.3) is 0 Å². The number of anilines is 1. The summed E-state index contributed by atoms with van der Waals surface area (Å²) in [4.78, 5) is 35.0. The van der Waals surface area contributed by atoms with Gasteiger partial charge < -0.3 is 14.7 Å². The molecule has 0 spiro atoms. The Morgan fingerprint density at radius 3 is 2.42 bits per heavy atom. The minimum atomic E-state index is 0.0521. The van der Waals surface area contributed by atoms with E-state index in [1.54, 1.807) is 6.92 Å². The lowest BCUT2D eigenvalue weighted by Gasteiger charge is -2.37. The van der Waals surface area contributed by atoms with Crippen LogP contribution in [0.3, 0.4) is 0 Å². The van der Waals surface area contributed by atoms with Gasteiger partial charge in [-0.15, -0.1) is 0 Å². The second-order valence-electron chi connectivity index (χ2n) is 7.73. The normalized spacial score (nSPS) is 20.8. The fraction of sp³-hybridized carbons (Fsp3) is 0.650. The van der Waals surface area contributed by atoms with Gasteiger partial charge in [0.05, 0.1) is 11.7 Å². The molecule has 0 saturated carbocycles. The quantitative estimate of drug-likeness (QED) is 0.832. The number of likely N-dealkylation sites (tertiary alicyclic amines) is 1. The van der Waals surface area contributed by atoms with Crippen molar-refractivity contribution in [3.63, 3.8) is 0 Å². The zero-order valence-corrected chi connectivity index (χ0v) is 16.4. The van der Waals surface area contributed by atoms with E-state index in [1.807, 2.05) is 30.6 Å². The number of nitrogens with zero attached hydrogens (tertiary/aromatic N) is 4. The Bertz CT molecular complexity index is 680. The van der Waals surface area contributed by atoms with Crippen molar-refractivity contribution in [1.82, 2.24) is 14.8 Å². The summed E-state index contributed by atoms with van der Waals surface area (Å²) in [6.45, 7) is 11.6. The van der Waals surface area contributed by atoms with E-state index in [4.69, 9.17) is 4.98 Å². The van der Waals surface area contributed by atoms with E-state index in [0.29, 0.717) is 0 Å². The van der Waals surface area contributed by atoms with E-state index in [0.717, 1.165) is 62.6 Å². The highest BCUT2D eigenvalue weighted by Gasteiger charge is 2.30. The van der Waals surface area contributed by atoms with Crippen molar-refractivity contribution in [2.45, 2.75) is 46.6 Å². The van der Waals surface area contributed by atoms with E-state index >= 15 is 0 Å². The lowest BCUT2D eigenvalue weighted by atomic mass is 10.1. The number of carbonyl (C=O) groups is 2. The first-order valence-electron chi connectivity index (χ1n) is 9.66.